The first-order valence-corrected chi connectivity index (χ1v) is 5.09. The van der Waals surface area contributed by atoms with Gasteiger partial charge in [-0.1, -0.05) is 13.8 Å². The van der Waals surface area contributed by atoms with Crippen LogP contribution >= 0.6 is 0 Å². The molecule has 3 heteroatoms. The molecule has 0 radical (unpaired) electrons. The van der Waals surface area contributed by atoms with Gasteiger partial charge in [0.15, 0.2) is 0 Å². The summed E-state index contributed by atoms with van der Waals surface area (Å²) in [5.74, 6) is 0. The predicted molar refractivity (Wildman–Crippen MR) is 45.8 cm³/mol. The van der Waals surface area contributed by atoms with Gasteiger partial charge >= 0.3 is 0 Å². The van der Waals surface area contributed by atoms with Gasteiger partial charge in [0.1, 0.15) is 0 Å². The second kappa shape index (κ2) is 2.53. The number of rotatable bonds is 1. The zero-order valence-electron chi connectivity index (χ0n) is 7.39. The van der Waals surface area contributed by atoms with E-state index in [9.17, 15) is 4.21 Å². The molecule has 0 aromatic heterocycles. The van der Waals surface area contributed by atoms with Gasteiger partial charge in [-0.25, -0.2) is 4.21 Å². The van der Waals surface area contributed by atoms with Crippen LogP contribution in [0, 0.1) is 4.78 Å². The van der Waals surface area contributed by atoms with E-state index < -0.39 is 9.73 Å². The SMILES string of the molecule is CC(C)[S@@](=N)(=O)C(C)(C)C. The molecule has 0 saturated heterocycles. The summed E-state index contributed by atoms with van der Waals surface area (Å²) in [5.41, 5.74) is 0. The van der Waals surface area contributed by atoms with Gasteiger partial charge in [-0.05, 0) is 20.8 Å². The maximum atomic E-state index is 11.6. The van der Waals surface area contributed by atoms with Crippen LogP contribution in [0.4, 0.5) is 0 Å². The zero-order valence-corrected chi connectivity index (χ0v) is 8.21. The highest BCUT2D eigenvalue weighted by molar-refractivity contribution is 7.94. The normalized spacial score (nSPS) is 19.0. The summed E-state index contributed by atoms with van der Waals surface area (Å²) >= 11 is 0. The summed E-state index contributed by atoms with van der Waals surface area (Å²) in [7, 11) is -2.41. The summed E-state index contributed by atoms with van der Waals surface area (Å²) in [6, 6.07) is 0. The summed E-state index contributed by atoms with van der Waals surface area (Å²) < 4.78 is 18.7. The zero-order chi connectivity index (χ0) is 8.58. The minimum Gasteiger partial charge on any atom is -0.252 e. The van der Waals surface area contributed by atoms with E-state index in [-0.39, 0.29) is 10.00 Å². The van der Waals surface area contributed by atoms with Gasteiger partial charge in [-0.3, -0.25) is 4.78 Å². The molecule has 10 heavy (non-hydrogen) atoms. The maximum absolute atomic E-state index is 11.6. The summed E-state index contributed by atoms with van der Waals surface area (Å²) in [5, 5.41) is -0.0486. The molecule has 0 rings (SSSR count). The first kappa shape index (κ1) is 9.95. The molecule has 0 aliphatic carbocycles. The summed E-state index contributed by atoms with van der Waals surface area (Å²) in [6.07, 6.45) is 0. The average molecular weight is 163 g/mol. The lowest BCUT2D eigenvalue weighted by Gasteiger charge is -2.25. The molecule has 0 saturated carbocycles. The van der Waals surface area contributed by atoms with Crippen LogP contribution in [0.2, 0.25) is 0 Å². The van der Waals surface area contributed by atoms with E-state index in [0.717, 1.165) is 0 Å². The minimum atomic E-state index is -2.41. The Kier molecular flexibility index (Phi) is 2.52. The molecule has 0 heterocycles. The number of hydrogen-bond donors (Lipinski definition) is 1. The molecule has 2 nitrogen and oxygen atoms in total. The van der Waals surface area contributed by atoms with Crippen molar-refractivity contribution in [1.82, 2.24) is 0 Å². The van der Waals surface area contributed by atoms with Crippen LogP contribution in [-0.2, 0) is 9.73 Å². The molecule has 0 aliphatic heterocycles. The van der Waals surface area contributed by atoms with Gasteiger partial charge in [-0.2, -0.15) is 0 Å². The van der Waals surface area contributed by atoms with E-state index >= 15 is 0 Å². The molecule has 62 valence electrons. The molecule has 0 fully saturated rings. The van der Waals surface area contributed by atoms with Crippen molar-refractivity contribution in [2.24, 2.45) is 0 Å². The summed E-state index contributed by atoms with van der Waals surface area (Å²) in [4.78, 5) is 0. The fraction of sp³-hybridized carbons (Fsp3) is 1.00. The van der Waals surface area contributed by atoms with Crippen molar-refractivity contribution in [3.63, 3.8) is 0 Å². The van der Waals surface area contributed by atoms with Crippen molar-refractivity contribution >= 4 is 9.73 Å². The van der Waals surface area contributed by atoms with Crippen LogP contribution in [0.15, 0.2) is 0 Å². The van der Waals surface area contributed by atoms with Gasteiger partial charge in [0, 0.05) is 10.00 Å². The molecule has 0 aromatic rings. The van der Waals surface area contributed by atoms with E-state index in [1.165, 1.54) is 0 Å². The number of nitrogens with one attached hydrogen (secondary N) is 1. The third kappa shape index (κ3) is 1.72. The maximum Gasteiger partial charge on any atom is 0.0515 e. The smallest absolute Gasteiger partial charge is 0.0515 e. The van der Waals surface area contributed by atoms with Crippen molar-refractivity contribution in [3.8, 4) is 0 Å². The third-order valence-electron chi connectivity index (χ3n) is 1.57. The third-order valence-corrected chi connectivity index (χ3v) is 4.72. The van der Waals surface area contributed by atoms with E-state index in [1.54, 1.807) is 0 Å². The monoisotopic (exact) mass is 163 g/mol. The highest BCUT2D eigenvalue weighted by Crippen LogP contribution is 2.20. The van der Waals surface area contributed by atoms with Crippen LogP contribution in [0.25, 0.3) is 0 Å². The van der Waals surface area contributed by atoms with Crippen LogP contribution in [-0.4, -0.2) is 14.2 Å². The Balaban J connectivity index is 4.79. The summed E-state index contributed by atoms with van der Waals surface area (Å²) in [6.45, 7) is 9.22. The van der Waals surface area contributed by atoms with Gasteiger partial charge in [0.25, 0.3) is 0 Å². The van der Waals surface area contributed by atoms with E-state index in [1.807, 2.05) is 34.6 Å². The second-order valence-corrected chi connectivity index (χ2v) is 7.13. The standard InChI is InChI=1S/C7H17NOS/c1-6(2)10(8,9)7(3,4)5/h6,8H,1-5H3/t10-/m1/s1. The fourth-order valence-corrected chi connectivity index (χ4v) is 2.12. The first-order valence-electron chi connectivity index (χ1n) is 3.47. The highest BCUT2D eigenvalue weighted by atomic mass is 32.2. The second-order valence-electron chi connectivity index (χ2n) is 3.76. The molecule has 0 unspecified atom stereocenters. The van der Waals surface area contributed by atoms with Gasteiger partial charge < -0.3 is 0 Å². The largest absolute Gasteiger partial charge is 0.252 e. The minimum absolute atomic E-state index is 0.0486. The highest BCUT2D eigenvalue weighted by Gasteiger charge is 2.27. The quantitative estimate of drug-likeness (QED) is 0.632. The Morgan fingerprint density at radius 3 is 1.60 bits per heavy atom. The number of hydrogen-bond acceptors (Lipinski definition) is 2. The molecular weight excluding hydrogens is 146 g/mol. The fourth-order valence-electron chi connectivity index (χ4n) is 0.707. The molecular formula is C7H17NOS. The molecule has 1 atom stereocenters. The molecule has 0 amide bonds. The predicted octanol–water partition coefficient (Wildman–Crippen LogP) is 2.24. The van der Waals surface area contributed by atoms with Crippen LogP contribution in [0.5, 0.6) is 0 Å². The van der Waals surface area contributed by atoms with Crippen LogP contribution in [0.1, 0.15) is 34.6 Å². The Morgan fingerprint density at radius 2 is 1.60 bits per heavy atom. The molecule has 0 aliphatic rings. The Labute approximate surface area is 64.0 Å². The molecule has 1 N–H and O–H groups in total. The van der Waals surface area contributed by atoms with Crippen molar-refractivity contribution in [1.29, 1.82) is 4.78 Å². The lowest BCUT2D eigenvalue weighted by molar-refractivity contribution is 0.628. The van der Waals surface area contributed by atoms with E-state index in [4.69, 9.17) is 4.78 Å². The van der Waals surface area contributed by atoms with Crippen LogP contribution < -0.4 is 0 Å². The lowest BCUT2D eigenvalue weighted by Crippen LogP contribution is -2.32. The van der Waals surface area contributed by atoms with Crippen molar-refractivity contribution in [2.45, 2.75) is 44.6 Å². The Hall–Kier alpha value is -0.0500. The van der Waals surface area contributed by atoms with Crippen molar-refractivity contribution in [2.75, 3.05) is 0 Å². The topological polar surface area (TPSA) is 40.9 Å². The lowest BCUT2D eigenvalue weighted by atomic mass is 10.3. The van der Waals surface area contributed by atoms with Crippen molar-refractivity contribution in [3.05, 3.63) is 0 Å². The van der Waals surface area contributed by atoms with Gasteiger partial charge in [-0.15, -0.1) is 0 Å². The van der Waals surface area contributed by atoms with E-state index in [2.05, 4.69) is 0 Å². The van der Waals surface area contributed by atoms with Crippen molar-refractivity contribution < 1.29 is 4.21 Å². The van der Waals surface area contributed by atoms with Gasteiger partial charge in [0.05, 0.1) is 9.73 Å². The Bertz CT molecular complexity index is 196. The van der Waals surface area contributed by atoms with Crippen LogP contribution in [0.3, 0.4) is 0 Å². The molecule has 0 bridgehead atoms. The molecule has 0 spiro atoms. The average Bonchev–Trinajstić information content (AvgIpc) is 1.62. The Morgan fingerprint density at radius 1 is 1.30 bits per heavy atom. The first-order chi connectivity index (χ1) is 4.19. The van der Waals surface area contributed by atoms with E-state index in [0.29, 0.717) is 0 Å². The van der Waals surface area contributed by atoms with Gasteiger partial charge in [0.2, 0.25) is 0 Å². The molecule has 0 aromatic carbocycles.